The molecule has 1 aromatic rings. The third kappa shape index (κ3) is 3.18. The topological polar surface area (TPSA) is 83.9 Å². The number of carbonyl (C=O) groups is 1. The lowest BCUT2D eigenvalue weighted by Crippen LogP contribution is -2.44. The van der Waals surface area contributed by atoms with E-state index in [1.807, 2.05) is 0 Å². The predicted molar refractivity (Wildman–Crippen MR) is 109 cm³/mol. The first-order chi connectivity index (χ1) is 13.2. The summed E-state index contributed by atoms with van der Waals surface area (Å²) in [7, 11) is -1.93. The van der Waals surface area contributed by atoms with E-state index in [9.17, 15) is 18.3 Å². The molecule has 1 N–H and O–H groups in total. The monoisotopic (exact) mass is 425 g/mol. The standard InChI is InChI=1S/C20H27NO5S2/c1-19(12-20(23,13-27-19)15-7-9-26-10-8-15)28(24,25)16-4-5-17-14(11-16)3-6-18(22)21(17)2/h4-5,11,15,23H,3,6-10,12-13H2,1-2H3. The molecule has 2 atom stereocenters. The van der Waals surface area contributed by atoms with Crippen LogP contribution in [0.1, 0.15) is 38.2 Å². The molecular weight excluding hydrogens is 398 g/mol. The van der Waals surface area contributed by atoms with Crippen LogP contribution in [0.5, 0.6) is 0 Å². The molecule has 0 aromatic heterocycles. The number of amides is 1. The smallest absolute Gasteiger partial charge is 0.227 e. The molecule has 0 saturated carbocycles. The minimum Gasteiger partial charge on any atom is -0.389 e. The van der Waals surface area contributed by atoms with Crippen molar-refractivity contribution >= 4 is 33.2 Å². The maximum absolute atomic E-state index is 13.5. The summed E-state index contributed by atoms with van der Waals surface area (Å²) >= 11 is 1.34. The summed E-state index contributed by atoms with van der Waals surface area (Å²) in [6, 6.07) is 5.04. The van der Waals surface area contributed by atoms with Gasteiger partial charge in [0.05, 0.1) is 10.5 Å². The van der Waals surface area contributed by atoms with E-state index in [2.05, 4.69) is 0 Å². The zero-order chi connectivity index (χ0) is 20.2. The van der Waals surface area contributed by atoms with E-state index in [4.69, 9.17) is 4.74 Å². The number of hydrogen-bond acceptors (Lipinski definition) is 6. The van der Waals surface area contributed by atoms with Crippen molar-refractivity contribution < 1.29 is 23.1 Å². The predicted octanol–water partition coefficient (Wildman–Crippen LogP) is 2.38. The van der Waals surface area contributed by atoms with Gasteiger partial charge in [0.25, 0.3) is 0 Å². The van der Waals surface area contributed by atoms with Crippen LogP contribution in [0.4, 0.5) is 5.69 Å². The summed E-state index contributed by atoms with van der Waals surface area (Å²) in [5, 5.41) is 11.2. The summed E-state index contributed by atoms with van der Waals surface area (Å²) in [6.45, 7) is 2.98. The first-order valence-electron chi connectivity index (χ1n) is 9.74. The summed E-state index contributed by atoms with van der Waals surface area (Å²) in [5.74, 6) is 0.548. The number of nitrogens with zero attached hydrogens (tertiary/aromatic N) is 1. The zero-order valence-corrected chi connectivity index (χ0v) is 17.9. The Morgan fingerprint density at radius 2 is 1.96 bits per heavy atom. The molecule has 0 radical (unpaired) electrons. The molecule has 2 saturated heterocycles. The van der Waals surface area contributed by atoms with E-state index in [1.165, 1.54) is 11.8 Å². The Hall–Kier alpha value is -1.09. The van der Waals surface area contributed by atoms with E-state index in [0.717, 1.165) is 24.1 Å². The lowest BCUT2D eigenvalue weighted by atomic mass is 9.80. The van der Waals surface area contributed by atoms with E-state index < -0.39 is 19.5 Å². The van der Waals surface area contributed by atoms with Crippen molar-refractivity contribution in [2.45, 2.75) is 53.6 Å². The Morgan fingerprint density at radius 3 is 2.68 bits per heavy atom. The molecule has 2 unspecified atom stereocenters. The van der Waals surface area contributed by atoms with E-state index in [-0.39, 0.29) is 23.1 Å². The Balaban J connectivity index is 1.62. The van der Waals surface area contributed by atoms with Gasteiger partial charge in [-0.3, -0.25) is 4.79 Å². The van der Waals surface area contributed by atoms with Crippen molar-refractivity contribution in [3.63, 3.8) is 0 Å². The molecule has 1 amide bonds. The van der Waals surface area contributed by atoms with Crippen molar-refractivity contribution in [3.05, 3.63) is 23.8 Å². The number of carbonyl (C=O) groups excluding carboxylic acids is 1. The second-order valence-electron chi connectivity index (χ2n) is 8.34. The SMILES string of the molecule is CN1C(=O)CCc2cc(S(=O)(=O)C3(C)CC(O)(C4CCOCC4)CS3)ccc21. The van der Waals surface area contributed by atoms with Gasteiger partial charge in [-0.05, 0) is 55.9 Å². The second-order valence-corrected chi connectivity index (χ2v) is 12.5. The fraction of sp³-hybridized carbons (Fsp3) is 0.650. The first kappa shape index (κ1) is 20.2. The van der Waals surface area contributed by atoms with Crippen molar-refractivity contribution in [1.82, 2.24) is 0 Å². The van der Waals surface area contributed by atoms with Gasteiger partial charge in [-0.25, -0.2) is 8.42 Å². The summed E-state index contributed by atoms with van der Waals surface area (Å²) in [5.41, 5.74) is 0.685. The highest BCUT2D eigenvalue weighted by atomic mass is 32.3. The van der Waals surface area contributed by atoms with Crippen molar-refractivity contribution in [2.75, 3.05) is 30.9 Å². The molecule has 8 heteroatoms. The maximum atomic E-state index is 13.5. The van der Waals surface area contributed by atoms with Gasteiger partial charge in [-0.1, -0.05) is 0 Å². The van der Waals surface area contributed by atoms with Crippen LogP contribution in [-0.2, 0) is 25.8 Å². The van der Waals surface area contributed by atoms with E-state index >= 15 is 0 Å². The number of aryl methyl sites for hydroxylation is 1. The number of anilines is 1. The minimum absolute atomic E-state index is 0.0444. The summed E-state index contributed by atoms with van der Waals surface area (Å²) < 4.78 is 31.4. The van der Waals surface area contributed by atoms with Crippen LogP contribution in [0.2, 0.25) is 0 Å². The Bertz CT molecular complexity index is 896. The fourth-order valence-corrected chi connectivity index (χ4v) is 8.47. The van der Waals surface area contributed by atoms with Gasteiger partial charge in [-0.2, -0.15) is 0 Å². The highest BCUT2D eigenvalue weighted by Crippen LogP contribution is 2.53. The number of rotatable bonds is 3. The van der Waals surface area contributed by atoms with Gasteiger partial charge in [0.1, 0.15) is 4.08 Å². The number of sulfone groups is 1. The number of hydrogen-bond donors (Lipinski definition) is 1. The van der Waals surface area contributed by atoms with Gasteiger partial charge < -0.3 is 14.7 Å². The van der Waals surface area contributed by atoms with Crippen LogP contribution in [0, 0.1) is 5.92 Å². The summed E-state index contributed by atoms with van der Waals surface area (Å²) in [4.78, 5) is 13.8. The van der Waals surface area contributed by atoms with Gasteiger partial charge in [0.2, 0.25) is 5.91 Å². The highest BCUT2D eigenvalue weighted by Gasteiger charge is 2.56. The van der Waals surface area contributed by atoms with Gasteiger partial charge >= 0.3 is 0 Å². The van der Waals surface area contributed by atoms with Gasteiger partial charge in [0.15, 0.2) is 9.84 Å². The van der Waals surface area contributed by atoms with Crippen LogP contribution >= 0.6 is 11.8 Å². The lowest BCUT2D eigenvalue weighted by molar-refractivity contribution is -0.118. The molecule has 6 nitrogen and oxygen atoms in total. The lowest BCUT2D eigenvalue weighted by Gasteiger charge is -2.36. The molecular formula is C20H27NO5S2. The Morgan fingerprint density at radius 1 is 1.25 bits per heavy atom. The molecule has 0 aliphatic carbocycles. The molecule has 0 spiro atoms. The number of aliphatic hydroxyl groups is 1. The Kier molecular flexibility index (Phi) is 5.05. The largest absolute Gasteiger partial charge is 0.389 e. The van der Waals surface area contributed by atoms with E-state index in [0.29, 0.717) is 31.8 Å². The van der Waals surface area contributed by atoms with Crippen molar-refractivity contribution in [1.29, 1.82) is 0 Å². The average molecular weight is 426 g/mol. The van der Waals surface area contributed by atoms with Gasteiger partial charge in [0, 0.05) is 44.5 Å². The number of ether oxygens (including phenoxy) is 1. The molecule has 3 aliphatic heterocycles. The fourth-order valence-electron chi connectivity index (χ4n) is 4.65. The Labute approximate surface area is 170 Å². The number of benzene rings is 1. The zero-order valence-electron chi connectivity index (χ0n) is 16.3. The normalized spacial score (nSPS) is 31.8. The van der Waals surface area contributed by atoms with Gasteiger partial charge in [-0.15, -0.1) is 11.8 Å². The van der Waals surface area contributed by atoms with Crippen molar-refractivity contribution in [2.24, 2.45) is 5.92 Å². The minimum atomic E-state index is -3.64. The van der Waals surface area contributed by atoms with Crippen LogP contribution in [0.15, 0.2) is 23.1 Å². The molecule has 3 heterocycles. The highest BCUT2D eigenvalue weighted by molar-refractivity contribution is 8.15. The van der Waals surface area contributed by atoms with Crippen LogP contribution < -0.4 is 4.90 Å². The third-order valence-electron chi connectivity index (χ3n) is 6.51. The first-order valence-corrected chi connectivity index (χ1v) is 12.2. The molecule has 4 rings (SSSR count). The third-order valence-corrected chi connectivity index (χ3v) is 11.1. The summed E-state index contributed by atoms with van der Waals surface area (Å²) in [6.07, 6.45) is 2.71. The van der Waals surface area contributed by atoms with Crippen LogP contribution in [0.3, 0.4) is 0 Å². The molecule has 3 aliphatic rings. The molecule has 154 valence electrons. The molecule has 28 heavy (non-hydrogen) atoms. The van der Waals surface area contributed by atoms with E-state index in [1.54, 1.807) is 37.1 Å². The molecule has 2 fully saturated rings. The quantitative estimate of drug-likeness (QED) is 0.801. The number of fused-ring (bicyclic) bond motifs is 1. The number of thioether (sulfide) groups is 1. The van der Waals surface area contributed by atoms with Crippen LogP contribution in [0.25, 0.3) is 0 Å². The second kappa shape index (κ2) is 7.00. The van der Waals surface area contributed by atoms with Crippen molar-refractivity contribution in [3.8, 4) is 0 Å². The molecule has 1 aromatic carbocycles. The average Bonchev–Trinajstić information content (AvgIpc) is 3.03. The van der Waals surface area contributed by atoms with Crippen LogP contribution in [-0.4, -0.2) is 55.1 Å². The maximum Gasteiger partial charge on any atom is 0.227 e. The molecule has 0 bridgehead atoms.